The first kappa shape index (κ1) is 22.8. The lowest BCUT2D eigenvalue weighted by Gasteiger charge is -2.33. The number of hydrogen-bond donors (Lipinski definition) is 2. The number of benzene rings is 2. The number of ether oxygens (including phenoxy) is 1. The van der Waals surface area contributed by atoms with Crippen LogP contribution in [-0.4, -0.2) is 36.0 Å². The number of esters is 1. The van der Waals surface area contributed by atoms with Crippen LogP contribution in [0.25, 0.3) is 6.08 Å². The van der Waals surface area contributed by atoms with Crippen molar-refractivity contribution in [2.45, 2.75) is 32.9 Å². The SMILES string of the molecule is CC1=C(C(=O)OC(C)C)[C@H](c2cccc(NC(=O)/C=C/c3ccccc3)c2)NC(=O)N1C. The zero-order valence-corrected chi connectivity index (χ0v) is 18.6. The zero-order valence-electron chi connectivity index (χ0n) is 18.6. The Morgan fingerprint density at radius 2 is 1.84 bits per heavy atom. The Kier molecular flexibility index (Phi) is 7.10. The minimum Gasteiger partial charge on any atom is -0.459 e. The van der Waals surface area contributed by atoms with Gasteiger partial charge in [-0.2, -0.15) is 0 Å². The lowest BCUT2D eigenvalue weighted by molar-refractivity contribution is -0.143. The Bertz CT molecular complexity index is 1070. The zero-order chi connectivity index (χ0) is 23.3. The number of hydrogen-bond acceptors (Lipinski definition) is 4. The predicted octanol–water partition coefficient (Wildman–Crippen LogP) is 4.26. The van der Waals surface area contributed by atoms with E-state index in [2.05, 4.69) is 10.6 Å². The molecule has 1 aliphatic rings. The number of nitrogens with one attached hydrogen (secondary N) is 2. The van der Waals surface area contributed by atoms with E-state index < -0.39 is 12.0 Å². The third-order valence-corrected chi connectivity index (χ3v) is 5.03. The third-order valence-electron chi connectivity index (χ3n) is 5.03. The van der Waals surface area contributed by atoms with Gasteiger partial charge in [0, 0.05) is 24.5 Å². The van der Waals surface area contributed by atoms with E-state index in [1.54, 1.807) is 58.2 Å². The summed E-state index contributed by atoms with van der Waals surface area (Å²) in [5.74, 6) is -0.779. The summed E-state index contributed by atoms with van der Waals surface area (Å²) in [7, 11) is 1.60. The van der Waals surface area contributed by atoms with Crippen molar-refractivity contribution in [2.24, 2.45) is 0 Å². The largest absolute Gasteiger partial charge is 0.459 e. The number of carbonyl (C=O) groups excluding carboxylic acids is 3. The van der Waals surface area contributed by atoms with Gasteiger partial charge in [0.05, 0.1) is 17.7 Å². The Balaban J connectivity index is 1.84. The molecule has 0 saturated heterocycles. The fourth-order valence-corrected chi connectivity index (χ4v) is 3.34. The van der Waals surface area contributed by atoms with Crippen molar-refractivity contribution < 1.29 is 19.1 Å². The fourth-order valence-electron chi connectivity index (χ4n) is 3.34. The van der Waals surface area contributed by atoms with Crippen LogP contribution in [0, 0.1) is 0 Å². The second-order valence-electron chi connectivity index (χ2n) is 7.75. The molecule has 0 unspecified atom stereocenters. The molecule has 32 heavy (non-hydrogen) atoms. The summed E-state index contributed by atoms with van der Waals surface area (Å²) in [5.41, 5.74) is 3.00. The van der Waals surface area contributed by atoms with Gasteiger partial charge >= 0.3 is 12.0 Å². The minimum atomic E-state index is -0.693. The molecular formula is C25H27N3O4. The van der Waals surface area contributed by atoms with Crippen LogP contribution < -0.4 is 10.6 Å². The van der Waals surface area contributed by atoms with Gasteiger partial charge in [-0.25, -0.2) is 9.59 Å². The summed E-state index contributed by atoms with van der Waals surface area (Å²) in [4.78, 5) is 39.0. The Hall–Kier alpha value is -3.87. The molecule has 0 radical (unpaired) electrons. The van der Waals surface area contributed by atoms with Gasteiger partial charge in [0.2, 0.25) is 5.91 Å². The van der Waals surface area contributed by atoms with Crippen LogP contribution >= 0.6 is 0 Å². The summed E-state index contributed by atoms with van der Waals surface area (Å²) >= 11 is 0. The van der Waals surface area contributed by atoms with Gasteiger partial charge in [-0.1, -0.05) is 42.5 Å². The van der Waals surface area contributed by atoms with E-state index in [1.807, 2.05) is 30.3 Å². The van der Waals surface area contributed by atoms with E-state index in [1.165, 1.54) is 11.0 Å². The van der Waals surface area contributed by atoms with E-state index in [-0.39, 0.29) is 18.0 Å². The van der Waals surface area contributed by atoms with Crippen molar-refractivity contribution in [3.8, 4) is 0 Å². The molecule has 0 spiro atoms. The summed E-state index contributed by atoms with van der Waals surface area (Å²) in [6.45, 7) is 5.25. The topological polar surface area (TPSA) is 87.7 Å². The molecule has 3 rings (SSSR count). The molecule has 7 nitrogen and oxygen atoms in total. The van der Waals surface area contributed by atoms with Gasteiger partial charge in [-0.3, -0.25) is 4.79 Å². The quantitative estimate of drug-likeness (QED) is 0.526. The Morgan fingerprint density at radius 3 is 2.53 bits per heavy atom. The highest BCUT2D eigenvalue weighted by atomic mass is 16.5. The number of nitrogens with zero attached hydrogens (tertiary/aromatic N) is 1. The molecule has 1 aliphatic heterocycles. The Morgan fingerprint density at radius 1 is 1.12 bits per heavy atom. The normalized spacial score (nSPS) is 16.3. The first-order valence-corrected chi connectivity index (χ1v) is 10.4. The Labute approximate surface area is 187 Å². The summed E-state index contributed by atoms with van der Waals surface area (Å²) < 4.78 is 5.41. The standard InChI is InChI=1S/C25H27N3O4/c1-16(2)32-24(30)22-17(3)28(4)25(31)27-23(22)19-11-8-12-20(15-19)26-21(29)14-13-18-9-6-5-7-10-18/h5-16,23H,1-4H3,(H,26,29)(H,27,31)/b14-13+/t23-/m0/s1. The van der Waals surface area contributed by atoms with E-state index in [4.69, 9.17) is 4.74 Å². The van der Waals surface area contributed by atoms with Gasteiger partial charge in [-0.05, 0) is 50.1 Å². The van der Waals surface area contributed by atoms with Crippen LogP contribution in [0.15, 0.2) is 71.9 Å². The molecule has 2 N–H and O–H groups in total. The van der Waals surface area contributed by atoms with Gasteiger partial charge in [0.15, 0.2) is 0 Å². The molecule has 2 aromatic carbocycles. The van der Waals surface area contributed by atoms with Crippen molar-refractivity contribution >= 4 is 29.7 Å². The molecule has 2 aromatic rings. The predicted molar refractivity (Wildman–Crippen MR) is 124 cm³/mol. The number of anilines is 1. The fraction of sp³-hybridized carbons (Fsp3) is 0.240. The van der Waals surface area contributed by atoms with Crippen LogP contribution in [0.5, 0.6) is 0 Å². The molecule has 1 atom stereocenters. The van der Waals surface area contributed by atoms with Crippen LogP contribution in [-0.2, 0) is 14.3 Å². The van der Waals surface area contributed by atoms with Gasteiger partial charge in [-0.15, -0.1) is 0 Å². The number of amides is 3. The lowest BCUT2D eigenvalue weighted by atomic mass is 9.94. The molecule has 0 fully saturated rings. The van der Waals surface area contributed by atoms with Crippen molar-refractivity contribution in [1.29, 1.82) is 0 Å². The maximum Gasteiger partial charge on any atom is 0.338 e. The van der Waals surface area contributed by atoms with Crippen LogP contribution in [0.1, 0.15) is 37.9 Å². The number of allylic oxidation sites excluding steroid dienone is 1. The molecule has 0 bridgehead atoms. The van der Waals surface area contributed by atoms with Gasteiger partial charge < -0.3 is 20.3 Å². The molecule has 0 saturated carbocycles. The molecule has 7 heteroatoms. The smallest absolute Gasteiger partial charge is 0.338 e. The molecule has 1 heterocycles. The minimum absolute atomic E-state index is 0.287. The van der Waals surface area contributed by atoms with Crippen molar-refractivity contribution in [1.82, 2.24) is 10.2 Å². The van der Waals surface area contributed by atoms with E-state index in [9.17, 15) is 14.4 Å². The molecular weight excluding hydrogens is 406 g/mol. The van der Waals surface area contributed by atoms with Gasteiger partial charge in [0.1, 0.15) is 0 Å². The van der Waals surface area contributed by atoms with Crippen molar-refractivity contribution in [3.63, 3.8) is 0 Å². The highest BCUT2D eigenvalue weighted by molar-refractivity contribution is 6.02. The van der Waals surface area contributed by atoms with Gasteiger partial charge in [0.25, 0.3) is 0 Å². The van der Waals surface area contributed by atoms with Crippen molar-refractivity contribution in [3.05, 3.63) is 83.1 Å². The molecule has 0 aliphatic carbocycles. The van der Waals surface area contributed by atoms with Crippen molar-refractivity contribution in [2.75, 3.05) is 12.4 Å². The highest BCUT2D eigenvalue weighted by Gasteiger charge is 2.35. The second kappa shape index (κ2) is 9.96. The van der Waals surface area contributed by atoms with Crippen LogP contribution in [0.2, 0.25) is 0 Å². The second-order valence-corrected chi connectivity index (χ2v) is 7.75. The van der Waals surface area contributed by atoms with E-state index in [0.29, 0.717) is 22.5 Å². The highest BCUT2D eigenvalue weighted by Crippen LogP contribution is 2.32. The molecule has 166 valence electrons. The number of rotatable bonds is 6. The molecule has 0 aromatic heterocycles. The average molecular weight is 434 g/mol. The van der Waals surface area contributed by atoms with Crippen LogP contribution in [0.4, 0.5) is 10.5 Å². The first-order chi connectivity index (χ1) is 15.3. The van der Waals surface area contributed by atoms with E-state index >= 15 is 0 Å². The maximum absolute atomic E-state index is 12.8. The van der Waals surface area contributed by atoms with Crippen LogP contribution in [0.3, 0.4) is 0 Å². The number of carbonyl (C=O) groups is 3. The monoisotopic (exact) mass is 433 g/mol. The molecule has 3 amide bonds. The third kappa shape index (κ3) is 5.43. The summed E-state index contributed by atoms with van der Waals surface area (Å²) in [6.07, 6.45) is 2.88. The number of urea groups is 1. The maximum atomic E-state index is 12.8. The average Bonchev–Trinajstić information content (AvgIpc) is 2.76. The lowest BCUT2D eigenvalue weighted by Crippen LogP contribution is -2.46. The first-order valence-electron chi connectivity index (χ1n) is 10.4. The van der Waals surface area contributed by atoms with E-state index in [0.717, 1.165) is 5.56 Å². The summed E-state index contributed by atoms with van der Waals surface area (Å²) in [6, 6.07) is 15.5. The summed E-state index contributed by atoms with van der Waals surface area (Å²) in [5, 5.41) is 5.66.